The lowest BCUT2D eigenvalue weighted by molar-refractivity contribution is -0.150. The number of para-hydroxylation sites is 1. The van der Waals surface area contributed by atoms with Gasteiger partial charge in [0.15, 0.2) is 0 Å². The minimum absolute atomic E-state index is 0.0143. The minimum atomic E-state index is -1.17. The third kappa shape index (κ3) is 4.37. The lowest BCUT2D eigenvalue weighted by Gasteiger charge is -2.49. The van der Waals surface area contributed by atoms with Crippen molar-refractivity contribution in [3.05, 3.63) is 41.6 Å². The molecular weight excluding hydrogens is 442 g/mol. The van der Waals surface area contributed by atoms with Crippen LogP contribution in [-0.4, -0.2) is 77.5 Å². The van der Waals surface area contributed by atoms with Crippen molar-refractivity contribution in [3.63, 3.8) is 0 Å². The van der Waals surface area contributed by atoms with Gasteiger partial charge in [-0.25, -0.2) is 9.48 Å². The van der Waals surface area contributed by atoms with Gasteiger partial charge < -0.3 is 15.7 Å². The van der Waals surface area contributed by atoms with E-state index in [1.54, 1.807) is 7.05 Å². The second-order valence-electron chi connectivity index (χ2n) is 6.81. The van der Waals surface area contributed by atoms with Crippen molar-refractivity contribution >= 4 is 47.0 Å². The van der Waals surface area contributed by atoms with Gasteiger partial charge in [-0.1, -0.05) is 30.0 Å². The number of hydrogen-bond donors (Lipinski definition) is 3. The number of tetrazole rings is 1. The summed E-state index contributed by atoms with van der Waals surface area (Å²) in [5.74, 6) is -1.15. The Kier molecular flexibility index (Phi) is 6.13. The molecule has 0 bridgehead atoms. The molecule has 0 saturated carbocycles. The number of aromatic nitrogens is 4. The fraction of sp³-hybridized carbons (Fsp3) is 0.333. The summed E-state index contributed by atoms with van der Waals surface area (Å²) in [4.78, 5) is 38.1. The molecular formula is C18H19N7O4S2. The van der Waals surface area contributed by atoms with E-state index in [1.165, 1.54) is 33.1 Å². The normalized spacial score (nSPS) is 20.2. The van der Waals surface area contributed by atoms with Crippen molar-refractivity contribution in [1.82, 2.24) is 30.4 Å². The topological polar surface area (TPSA) is 142 Å². The first-order valence-corrected chi connectivity index (χ1v) is 11.3. The zero-order chi connectivity index (χ0) is 22.0. The number of carboxylic acids is 1. The van der Waals surface area contributed by atoms with E-state index in [0.717, 1.165) is 5.69 Å². The predicted molar refractivity (Wildman–Crippen MR) is 114 cm³/mol. The number of hydrogen-bond acceptors (Lipinski definition) is 9. The largest absolute Gasteiger partial charge is 0.477 e. The van der Waals surface area contributed by atoms with Crippen LogP contribution in [0.1, 0.15) is 0 Å². The van der Waals surface area contributed by atoms with E-state index in [1.807, 2.05) is 30.3 Å². The van der Waals surface area contributed by atoms with Crippen LogP contribution in [0.4, 0.5) is 5.69 Å². The molecule has 2 aliphatic heterocycles. The average molecular weight is 462 g/mol. The van der Waals surface area contributed by atoms with Crippen LogP contribution in [0.15, 0.2) is 46.8 Å². The number of thioether (sulfide) groups is 2. The van der Waals surface area contributed by atoms with E-state index in [9.17, 15) is 19.5 Å². The van der Waals surface area contributed by atoms with Crippen molar-refractivity contribution in [2.75, 3.05) is 23.4 Å². The highest BCUT2D eigenvalue weighted by atomic mass is 32.2. The minimum Gasteiger partial charge on any atom is -0.477 e. The quantitative estimate of drug-likeness (QED) is 0.367. The highest BCUT2D eigenvalue weighted by molar-refractivity contribution is 8.01. The Bertz CT molecular complexity index is 1040. The molecule has 1 aromatic carbocycles. The number of rotatable bonds is 8. The molecule has 1 aromatic heterocycles. The lowest BCUT2D eigenvalue weighted by atomic mass is 10.0. The summed E-state index contributed by atoms with van der Waals surface area (Å²) in [6.07, 6.45) is 0. The van der Waals surface area contributed by atoms with E-state index < -0.39 is 23.3 Å². The second kappa shape index (κ2) is 8.98. The maximum absolute atomic E-state index is 12.7. The Balaban J connectivity index is 1.39. The molecule has 1 fully saturated rings. The third-order valence-corrected chi connectivity index (χ3v) is 7.19. The number of nitrogens with zero attached hydrogens (tertiary/aromatic N) is 5. The number of aliphatic carboxylic acids is 1. The van der Waals surface area contributed by atoms with Gasteiger partial charge in [0.2, 0.25) is 11.1 Å². The van der Waals surface area contributed by atoms with Gasteiger partial charge in [-0.3, -0.25) is 14.5 Å². The molecule has 2 amide bonds. The Morgan fingerprint density at radius 2 is 2.10 bits per heavy atom. The van der Waals surface area contributed by atoms with Gasteiger partial charge in [-0.05, 0) is 28.1 Å². The zero-order valence-electron chi connectivity index (χ0n) is 16.4. The van der Waals surface area contributed by atoms with Crippen molar-refractivity contribution < 1.29 is 19.5 Å². The number of amides is 2. The SMILES string of the molecule is Cn1nnnc1SCC1=C(C(=O)O)N2C(=O)C(NC(=O)CNc3ccccc3)[C@@H]2SC1. The van der Waals surface area contributed by atoms with Gasteiger partial charge in [0.1, 0.15) is 17.1 Å². The highest BCUT2D eigenvalue weighted by Crippen LogP contribution is 2.41. The van der Waals surface area contributed by atoms with E-state index in [0.29, 0.717) is 22.2 Å². The summed E-state index contributed by atoms with van der Waals surface area (Å²) in [5, 5.41) is 26.7. The van der Waals surface area contributed by atoms with Crippen molar-refractivity contribution in [1.29, 1.82) is 0 Å². The van der Waals surface area contributed by atoms with E-state index in [-0.39, 0.29) is 18.1 Å². The highest BCUT2D eigenvalue weighted by Gasteiger charge is 2.54. The molecule has 4 rings (SSSR count). The molecule has 3 N–H and O–H groups in total. The average Bonchev–Trinajstić information content (AvgIpc) is 3.19. The number of carbonyl (C=O) groups is 3. The molecule has 13 heteroatoms. The summed E-state index contributed by atoms with van der Waals surface area (Å²) in [7, 11) is 1.69. The smallest absolute Gasteiger partial charge is 0.352 e. The van der Waals surface area contributed by atoms with Crippen LogP contribution >= 0.6 is 23.5 Å². The number of benzene rings is 1. The predicted octanol–water partition coefficient (Wildman–Crippen LogP) is 0.153. The summed E-state index contributed by atoms with van der Waals surface area (Å²) in [6.45, 7) is 0.0143. The molecule has 2 atom stereocenters. The van der Waals surface area contributed by atoms with Crippen LogP contribution in [0, 0.1) is 0 Å². The molecule has 0 radical (unpaired) electrons. The molecule has 3 heterocycles. The fourth-order valence-corrected chi connectivity index (χ4v) is 5.59. The molecule has 2 aromatic rings. The maximum atomic E-state index is 12.7. The summed E-state index contributed by atoms with van der Waals surface area (Å²) in [5.41, 5.74) is 1.39. The standard InChI is InChI=1S/C18H19N7O4S2/c1-24-18(21-22-23-24)31-9-10-8-30-16-13(15(27)25(16)14(10)17(28)29)20-12(26)7-19-11-5-3-2-4-6-11/h2-6,13,16,19H,7-9H2,1H3,(H,20,26)(H,28,29)/t13?,16-/m0/s1. The second-order valence-corrected chi connectivity index (χ2v) is 8.85. The Hall–Kier alpha value is -3.06. The monoisotopic (exact) mass is 461 g/mol. The molecule has 1 saturated heterocycles. The van der Waals surface area contributed by atoms with Gasteiger partial charge in [-0.15, -0.1) is 16.9 Å². The number of nitrogens with one attached hydrogen (secondary N) is 2. The van der Waals surface area contributed by atoms with Crippen LogP contribution < -0.4 is 10.6 Å². The summed E-state index contributed by atoms with van der Waals surface area (Å²) < 4.78 is 1.49. The van der Waals surface area contributed by atoms with Crippen LogP contribution in [0.5, 0.6) is 0 Å². The molecule has 162 valence electrons. The zero-order valence-corrected chi connectivity index (χ0v) is 18.0. The van der Waals surface area contributed by atoms with Crippen LogP contribution in [0.2, 0.25) is 0 Å². The number of aryl methyl sites for hydroxylation is 1. The van der Waals surface area contributed by atoms with E-state index in [4.69, 9.17) is 0 Å². The molecule has 0 aliphatic carbocycles. The van der Waals surface area contributed by atoms with Crippen molar-refractivity contribution in [2.45, 2.75) is 16.6 Å². The lowest BCUT2D eigenvalue weighted by Crippen LogP contribution is -2.71. The number of anilines is 1. The number of fused-ring (bicyclic) bond motifs is 1. The Morgan fingerprint density at radius 3 is 2.77 bits per heavy atom. The first-order chi connectivity index (χ1) is 15.0. The summed E-state index contributed by atoms with van der Waals surface area (Å²) in [6, 6.07) is 8.49. The van der Waals surface area contributed by atoms with Gasteiger partial charge in [0.25, 0.3) is 5.91 Å². The van der Waals surface area contributed by atoms with Gasteiger partial charge >= 0.3 is 5.97 Å². The summed E-state index contributed by atoms with van der Waals surface area (Å²) >= 11 is 2.73. The van der Waals surface area contributed by atoms with E-state index >= 15 is 0 Å². The molecule has 1 unspecified atom stereocenters. The maximum Gasteiger partial charge on any atom is 0.352 e. The van der Waals surface area contributed by atoms with Gasteiger partial charge in [-0.2, -0.15) is 0 Å². The van der Waals surface area contributed by atoms with Crippen LogP contribution in [-0.2, 0) is 21.4 Å². The van der Waals surface area contributed by atoms with Crippen molar-refractivity contribution in [2.24, 2.45) is 7.05 Å². The molecule has 11 nitrogen and oxygen atoms in total. The molecule has 0 spiro atoms. The number of carboxylic acid groups (broad SMARTS) is 1. The first kappa shape index (κ1) is 21.2. The van der Waals surface area contributed by atoms with Gasteiger partial charge in [0, 0.05) is 24.2 Å². The van der Waals surface area contributed by atoms with Crippen LogP contribution in [0.3, 0.4) is 0 Å². The molecule has 2 aliphatic rings. The fourth-order valence-electron chi connectivity index (χ4n) is 3.25. The Morgan fingerprint density at radius 1 is 1.32 bits per heavy atom. The van der Waals surface area contributed by atoms with Crippen molar-refractivity contribution in [3.8, 4) is 0 Å². The van der Waals surface area contributed by atoms with E-state index in [2.05, 4.69) is 26.2 Å². The third-order valence-electron chi connectivity index (χ3n) is 4.75. The molecule has 31 heavy (non-hydrogen) atoms. The number of β-lactam (4-membered cyclic amide) rings is 1. The van der Waals surface area contributed by atoms with Crippen LogP contribution in [0.25, 0.3) is 0 Å². The first-order valence-electron chi connectivity index (χ1n) is 9.29. The Labute approximate surface area is 185 Å². The number of carbonyl (C=O) groups excluding carboxylic acids is 2. The van der Waals surface area contributed by atoms with Gasteiger partial charge in [0.05, 0.1) is 6.54 Å².